The second-order valence-electron chi connectivity index (χ2n) is 6.36. The Kier molecular flexibility index (Phi) is 3.94. The van der Waals surface area contributed by atoms with Gasteiger partial charge in [0.1, 0.15) is 5.82 Å². The van der Waals surface area contributed by atoms with Gasteiger partial charge in [0.2, 0.25) is 0 Å². The molecule has 0 bridgehead atoms. The van der Waals surface area contributed by atoms with Crippen molar-refractivity contribution in [2.75, 3.05) is 18.0 Å². The summed E-state index contributed by atoms with van der Waals surface area (Å²) < 4.78 is 20.3. The van der Waals surface area contributed by atoms with E-state index < -0.39 is 0 Å². The highest BCUT2D eigenvalue weighted by atomic mass is 79.9. The number of hydrogen-bond donors (Lipinski definition) is 0. The molecule has 4 heteroatoms. The molecule has 1 saturated heterocycles. The molecule has 0 aromatic heterocycles. The van der Waals surface area contributed by atoms with Crippen molar-refractivity contribution in [1.82, 2.24) is 0 Å². The Balaban J connectivity index is 2.41. The molecule has 106 valence electrons. The monoisotopic (exact) mass is 329 g/mol. The van der Waals surface area contributed by atoms with E-state index >= 15 is 0 Å². The Morgan fingerprint density at radius 3 is 2.32 bits per heavy atom. The van der Waals surface area contributed by atoms with E-state index in [0.717, 1.165) is 5.56 Å². The first-order chi connectivity index (χ1) is 8.74. The van der Waals surface area contributed by atoms with Crippen LogP contribution in [0.5, 0.6) is 0 Å². The predicted octanol–water partition coefficient (Wildman–Crippen LogP) is 4.11. The normalized spacial score (nSPS) is 21.5. The van der Waals surface area contributed by atoms with Crippen LogP contribution in [0, 0.1) is 5.82 Å². The largest absolute Gasteiger partial charge is 0.366 e. The van der Waals surface area contributed by atoms with Crippen LogP contribution in [0.15, 0.2) is 18.2 Å². The number of anilines is 1. The third-order valence-electron chi connectivity index (χ3n) is 3.23. The first-order valence-electron chi connectivity index (χ1n) is 6.53. The molecule has 0 amide bonds. The number of para-hydroxylation sites is 1. The number of benzene rings is 1. The first kappa shape index (κ1) is 14.8. The second-order valence-corrected chi connectivity index (χ2v) is 6.92. The van der Waals surface area contributed by atoms with Gasteiger partial charge in [-0.15, -0.1) is 0 Å². The molecule has 1 aliphatic heterocycles. The van der Waals surface area contributed by atoms with E-state index in [4.69, 9.17) is 4.74 Å². The molecule has 1 aromatic carbocycles. The maximum absolute atomic E-state index is 14.2. The van der Waals surface area contributed by atoms with Gasteiger partial charge in [-0.3, -0.25) is 0 Å². The van der Waals surface area contributed by atoms with Crippen LogP contribution in [0.2, 0.25) is 0 Å². The third-order valence-corrected chi connectivity index (χ3v) is 3.83. The van der Waals surface area contributed by atoms with Crippen molar-refractivity contribution in [1.29, 1.82) is 0 Å². The number of ether oxygens (including phenoxy) is 1. The van der Waals surface area contributed by atoms with Crippen LogP contribution in [-0.2, 0) is 10.1 Å². The first-order valence-corrected chi connectivity index (χ1v) is 7.65. The van der Waals surface area contributed by atoms with E-state index in [2.05, 4.69) is 48.5 Å². The minimum atomic E-state index is -0.284. The van der Waals surface area contributed by atoms with E-state index in [0.29, 0.717) is 24.1 Å². The standard InChI is InChI=1S/C15H21BrFNO/c1-14(2)9-18(10-15(3,4)19-14)13-11(8-16)6-5-7-12(13)17/h5-7H,8-10H2,1-4H3. The average Bonchev–Trinajstić information content (AvgIpc) is 2.24. The van der Waals surface area contributed by atoms with Gasteiger partial charge in [0, 0.05) is 18.4 Å². The number of rotatable bonds is 2. The lowest BCUT2D eigenvalue weighted by Gasteiger charge is -2.48. The molecule has 2 rings (SSSR count). The van der Waals surface area contributed by atoms with Gasteiger partial charge in [0.05, 0.1) is 16.9 Å². The van der Waals surface area contributed by atoms with E-state index in [1.165, 1.54) is 6.07 Å². The van der Waals surface area contributed by atoms with Crippen molar-refractivity contribution >= 4 is 21.6 Å². The summed E-state index contributed by atoms with van der Waals surface area (Å²) in [5, 5.41) is 0.651. The van der Waals surface area contributed by atoms with Crippen LogP contribution < -0.4 is 4.90 Å². The van der Waals surface area contributed by atoms with Crippen molar-refractivity contribution < 1.29 is 9.13 Å². The number of morpholine rings is 1. The Labute approximate surface area is 123 Å². The zero-order valence-electron chi connectivity index (χ0n) is 12.0. The molecule has 1 heterocycles. The van der Waals surface area contributed by atoms with Gasteiger partial charge >= 0.3 is 0 Å². The van der Waals surface area contributed by atoms with Crippen molar-refractivity contribution in [3.63, 3.8) is 0 Å². The summed E-state index contributed by atoms with van der Waals surface area (Å²) in [4.78, 5) is 2.11. The van der Waals surface area contributed by atoms with Crippen molar-refractivity contribution in [2.24, 2.45) is 0 Å². The van der Waals surface area contributed by atoms with Crippen LogP contribution in [0.25, 0.3) is 0 Å². The Morgan fingerprint density at radius 1 is 1.21 bits per heavy atom. The molecule has 0 atom stereocenters. The molecule has 0 saturated carbocycles. The SMILES string of the molecule is CC1(C)CN(c2c(F)cccc2CBr)CC(C)(C)O1. The predicted molar refractivity (Wildman–Crippen MR) is 80.5 cm³/mol. The molecule has 0 spiro atoms. The molecule has 19 heavy (non-hydrogen) atoms. The summed E-state index contributed by atoms with van der Waals surface area (Å²) >= 11 is 3.44. The third kappa shape index (κ3) is 3.29. The van der Waals surface area contributed by atoms with E-state index in [-0.39, 0.29) is 17.0 Å². The molecule has 1 fully saturated rings. The fourth-order valence-electron chi connectivity index (χ4n) is 2.97. The fraction of sp³-hybridized carbons (Fsp3) is 0.600. The van der Waals surface area contributed by atoms with E-state index in [1.807, 2.05) is 6.07 Å². The quantitative estimate of drug-likeness (QED) is 0.757. The van der Waals surface area contributed by atoms with Crippen LogP contribution >= 0.6 is 15.9 Å². The van der Waals surface area contributed by atoms with Crippen LogP contribution in [0.3, 0.4) is 0 Å². The summed E-state index contributed by atoms with van der Waals surface area (Å²) in [7, 11) is 0. The molecule has 0 N–H and O–H groups in total. The highest BCUT2D eigenvalue weighted by Gasteiger charge is 2.39. The summed E-state index contributed by atoms with van der Waals surface area (Å²) in [5.41, 5.74) is 1.11. The maximum Gasteiger partial charge on any atom is 0.146 e. The number of alkyl halides is 1. The number of halogens is 2. The minimum absolute atomic E-state index is 0.162. The molecule has 0 unspecified atom stereocenters. The Morgan fingerprint density at radius 2 is 1.79 bits per heavy atom. The van der Waals surface area contributed by atoms with Gasteiger partial charge in [-0.05, 0) is 39.3 Å². The van der Waals surface area contributed by atoms with Crippen molar-refractivity contribution in [2.45, 2.75) is 44.2 Å². The summed E-state index contributed by atoms with van der Waals surface area (Å²) in [6.45, 7) is 9.59. The van der Waals surface area contributed by atoms with Crippen LogP contribution in [0.4, 0.5) is 10.1 Å². The van der Waals surface area contributed by atoms with Gasteiger partial charge in [0.15, 0.2) is 0 Å². The van der Waals surface area contributed by atoms with Gasteiger partial charge in [-0.2, -0.15) is 0 Å². The molecule has 1 aliphatic rings. The number of nitrogens with zero attached hydrogens (tertiary/aromatic N) is 1. The smallest absolute Gasteiger partial charge is 0.146 e. The minimum Gasteiger partial charge on any atom is -0.366 e. The zero-order chi connectivity index (χ0) is 14.3. The second kappa shape index (κ2) is 5.06. The Bertz CT molecular complexity index is 457. The van der Waals surface area contributed by atoms with Crippen LogP contribution in [-0.4, -0.2) is 24.3 Å². The lowest BCUT2D eigenvalue weighted by atomic mass is 9.97. The lowest BCUT2D eigenvalue weighted by Crippen LogP contribution is -2.57. The Hall–Kier alpha value is -0.610. The lowest BCUT2D eigenvalue weighted by molar-refractivity contribution is -0.133. The highest BCUT2D eigenvalue weighted by molar-refractivity contribution is 9.08. The molecule has 2 nitrogen and oxygen atoms in total. The molecule has 0 aliphatic carbocycles. The molecular formula is C15H21BrFNO. The molecule has 0 radical (unpaired) electrons. The fourth-order valence-corrected chi connectivity index (χ4v) is 3.42. The summed E-state index contributed by atoms with van der Waals surface area (Å²) in [6.07, 6.45) is 0. The number of hydrogen-bond acceptors (Lipinski definition) is 2. The van der Waals surface area contributed by atoms with Crippen LogP contribution in [0.1, 0.15) is 33.3 Å². The zero-order valence-corrected chi connectivity index (χ0v) is 13.6. The van der Waals surface area contributed by atoms with Crippen molar-refractivity contribution in [3.05, 3.63) is 29.6 Å². The van der Waals surface area contributed by atoms with Gasteiger partial charge in [-0.1, -0.05) is 28.1 Å². The summed E-state index contributed by atoms with van der Waals surface area (Å²) in [5.74, 6) is -0.162. The topological polar surface area (TPSA) is 12.5 Å². The molecular weight excluding hydrogens is 309 g/mol. The van der Waals surface area contributed by atoms with Crippen molar-refractivity contribution in [3.8, 4) is 0 Å². The average molecular weight is 330 g/mol. The maximum atomic E-state index is 14.2. The van der Waals surface area contributed by atoms with E-state index in [9.17, 15) is 4.39 Å². The highest BCUT2D eigenvalue weighted by Crippen LogP contribution is 2.35. The molecule has 1 aromatic rings. The van der Waals surface area contributed by atoms with Gasteiger partial charge in [-0.25, -0.2) is 4.39 Å². The van der Waals surface area contributed by atoms with Gasteiger partial charge in [0.25, 0.3) is 0 Å². The van der Waals surface area contributed by atoms with E-state index in [1.54, 1.807) is 6.07 Å². The van der Waals surface area contributed by atoms with Gasteiger partial charge < -0.3 is 9.64 Å². The summed E-state index contributed by atoms with van der Waals surface area (Å²) in [6, 6.07) is 5.24.